The molecule has 22 heavy (non-hydrogen) atoms. The van der Waals surface area contributed by atoms with Crippen molar-refractivity contribution in [2.45, 2.75) is 32.9 Å². The third-order valence-corrected chi connectivity index (χ3v) is 6.06. The van der Waals surface area contributed by atoms with E-state index in [-0.39, 0.29) is 0 Å². The van der Waals surface area contributed by atoms with Crippen molar-refractivity contribution < 1.29 is 27.8 Å². The van der Waals surface area contributed by atoms with Crippen LogP contribution in [0.1, 0.15) is 20.3 Å². The molecule has 0 aromatic carbocycles. The molecular weight excluding hydrogens is 304 g/mol. The molecule has 0 amide bonds. The molecule has 0 heterocycles. The van der Waals surface area contributed by atoms with E-state index < -0.39 is 8.56 Å². The van der Waals surface area contributed by atoms with Gasteiger partial charge in [0.2, 0.25) is 0 Å². The van der Waals surface area contributed by atoms with E-state index in [1.165, 1.54) is 0 Å². The molecule has 0 rings (SSSR count). The molecule has 0 aliphatic carbocycles. The summed E-state index contributed by atoms with van der Waals surface area (Å²) in [5.41, 5.74) is 0. The first kappa shape index (κ1) is 22.0. The second-order valence-electron chi connectivity index (χ2n) is 4.93. The molecule has 0 radical (unpaired) electrons. The van der Waals surface area contributed by atoms with Gasteiger partial charge in [-0.1, -0.05) is 0 Å². The van der Waals surface area contributed by atoms with E-state index in [0.29, 0.717) is 52.9 Å². The molecule has 0 aromatic heterocycles. The van der Waals surface area contributed by atoms with Gasteiger partial charge in [-0.3, -0.25) is 0 Å². The molecule has 0 bridgehead atoms. The molecule has 0 aromatic rings. The summed E-state index contributed by atoms with van der Waals surface area (Å²) in [5.74, 6) is 0. The van der Waals surface area contributed by atoms with Crippen LogP contribution in [-0.4, -0.2) is 75.1 Å². The molecule has 0 unspecified atom stereocenters. The van der Waals surface area contributed by atoms with Crippen LogP contribution >= 0.6 is 0 Å². The second-order valence-corrected chi connectivity index (χ2v) is 8.28. The lowest BCUT2D eigenvalue weighted by molar-refractivity contribution is 0.00355. The lowest BCUT2D eigenvalue weighted by atomic mass is 10.5. The molecule has 0 aliphatic rings. The van der Waals surface area contributed by atoms with E-state index in [1.807, 2.05) is 13.8 Å². The van der Waals surface area contributed by atoms with Gasteiger partial charge in [0, 0.05) is 26.9 Å². The fourth-order valence-corrected chi connectivity index (χ4v) is 4.36. The van der Waals surface area contributed by atoms with Crippen molar-refractivity contribution >= 4 is 8.56 Å². The Balaban J connectivity index is 3.34. The third-order valence-electron chi connectivity index (χ3n) is 2.99. The summed E-state index contributed by atoms with van der Waals surface area (Å²) in [4.78, 5) is 0. The Morgan fingerprint density at radius 3 is 1.59 bits per heavy atom. The van der Waals surface area contributed by atoms with Gasteiger partial charge in [-0.05, 0) is 32.9 Å². The van der Waals surface area contributed by atoms with Crippen LogP contribution in [0.25, 0.3) is 0 Å². The molecule has 0 spiro atoms. The number of hydrogen-bond acceptors (Lipinski definition) is 6. The largest absolute Gasteiger partial charge is 0.395 e. The first-order valence-electron chi connectivity index (χ1n) is 8.18. The first-order valence-corrected chi connectivity index (χ1v) is 10.7. The van der Waals surface area contributed by atoms with Crippen LogP contribution in [0.5, 0.6) is 0 Å². The highest BCUT2D eigenvalue weighted by Crippen LogP contribution is 2.15. The lowest BCUT2D eigenvalue weighted by Crippen LogP contribution is -2.38. The Morgan fingerprint density at radius 2 is 1.14 bits per heavy atom. The van der Waals surface area contributed by atoms with Gasteiger partial charge in [-0.25, -0.2) is 0 Å². The number of ether oxygens (including phenoxy) is 4. The standard InChI is InChI=1S/C15H34O6Si/c1-5-20-22(4,21-6-2)15-7-8-17-11-12-19-14-13-18-10-9-16-3/h5-15H2,1-4H3. The summed E-state index contributed by atoms with van der Waals surface area (Å²) >= 11 is 0. The predicted octanol–water partition coefficient (Wildman–Crippen LogP) is 2.22. The highest BCUT2D eigenvalue weighted by Gasteiger charge is 2.29. The highest BCUT2D eigenvalue weighted by molar-refractivity contribution is 6.66. The van der Waals surface area contributed by atoms with Crippen molar-refractivity contribution in [1.82, 2.24) is 0 Å². The van der Waals surface area contributed by atoms with E-state index in [1.54, 1.807) is 7.11 Å². The number of hydrogen-bond donors (Lipinski definition) is 0. The van der Waals surface area contributed by atoms with E-state index in [0.717, 1.165) is 19.1 Å². The van der Waals surface area contributed by atoms with Gasteiger partial charge >= 0.3 is 8.56 Å². The Labute approximate surface area is 136 Å². The molecule has 7 heteroatoms. The van der Waals surface area contributed by atoms with Crippen molar-refractivity contribution in [2.24, 2.45) is 0 Å². The zero-order valence-corrected chi connectivity index (χ0v) is 15.7. The maximum absolute atomic E-state index is 5.78. The first-order chi connectivity index (χ1) is 10.7. The number of rotatable bonds is 17. The smallest absolute Gasteiger partial charge is 0.334 e. The lowest BCUT2D eigenvalue weighted by Gasteiger charge is -2.25. The minimum atomic E-state index is -1.98. The minimum Gasteiger partial charge on any atom is -0.395 e. The summed E-state index contributed by atoms with van der Waals surface area (Å²) in [6, 6.07) is 0.961. The summed E-state index contributed by atoms with van der Waals surface area (Å²) in [5, 5.41) is 0. The van der Waals surface area contributed by atoms with Crippen LogP contribution < -0.4 is 0 Å². The van der Waals surface area contributed by atoms with Crippen LogP contribution in [-0.2, 0) is 27.8 Å². The minimum absolute atomic E-state index is 0.590. The van der Waals surface area contributed by atoms with Gasteiger partial charge in [-0.15, -0.1) is 0 Å². The third kappa shape index (κ3) is 13.6. The summed E-state index contributed by atoms with van der Waals surface area (Å²) in [6.07, 6.45) is 0.961. The van der Waals surface area contributed by atoms with Gasteiger partial charge in [0.15, 0.2) is 0 Å². The Morgan fingerprint density at radius 1 is 0.682 bits per heavy atom. The quantitative estimate of drug-likeness (QED) is 0.299. The van der Waals surface area contributed by atoms with Crippen molar-refractivity contribution in [1.29, 1.82) is 0 Å². The highest BCUT2D eigenvalue weighted by atomic mass is 28.4. The van der Waals surface area contributed by atoms with Crippen molar-refractivity contribution in [3.05, 3.63) is 0 Å². The van der Waals surface area contributed by atoms with Gasteiger partial charge in [0.1, 0.15) is 0 Å². The number of methoxy groups -OCH3 is 1. The molecule has 0 N–H and O–H groups in total. The van der Waals surface area contributed by atoms with Gasteiger partial charge in [0.05, 0.1) is 39.6 Å². The second kappa shape index (κ2) is 15.9. The van der Waals surface area contributed by atoms with E-state index in [2.05, 4.69) is 6.55 Å². The normalized spacial score (nSPS) is 12.0. The van der Waals surface area contributed by atoms with Gasteiger partial charge in [-0.2, -0.15) is 0 Å². The van der Waals surface area contributed by atoms with Crippen molar-refractivity contribution in [2.75, 3.05) is 66.6 Å². The molecule has 0 saturated heterocycles. The molecule has 0 aliphatic heterocycles. The summed E-state index contributed by atoms with van der Waals surface area (Å²) in [7, 11) is -0.327. The Bertz CT molecular complexity index is 224. The van der Waals surface area contributed by atoms with E-state index in [4.69, 9.17) is 27.8 Å². The molecule has 0 saturated carbocycles. The zero-order valence-electron chi connectivity index (χ0n) is 14.7. The van der Waals surface area contributed by atoms with Crippen LogP contribution in [0.3, 0.4) is 0 Å². The Hall–Kier alpha value is -0.0231. The fourth-order valence-electron chi connectivity index (χ4n) is 1.98. The Kier molecular flexibility index (Phi) is 15.8. The average molecular weight is 339 g/mol. The molecule has 0 fully saturated rings. The molecule has 0 atom stereocenters. The topological polar surface area (TPSA) is 55.4 Å². The van der Waals surface area contributed by atoms with E-state index in [9.17, 15) is 0 Å². The maximum Gasteiger partial charge on any atom is 0.334 e. The average Bonchev–Trinajstić information content (AvgIpc) is 2.49. The molecular formula is C15H34O6Si. The monoisotopic (exact) mass is 338 g/mol. The summed E-state index contributed by atoms with van der Waals surface area (Å²) in [6.45, 7) is 11.9. The van der Waals surface area contributed by atoms with E-state index >= 15 is 0 Å². The van der Waals surface area contributed by atoms with Crippen LogP contribution in [0.15, 0.2) is 0 Å². The zero-order chi connectivity index (χ0) is 16.5. The van der Waals surface area contributed by atoms with Gasteiger partial charge in [0.25, 0.3) is 0 Å². The van der Waals surface area contributed by atoms with Crippen molar-refractivity contribution in [3.8, 4) is 0 Å². The van der Waals surface area contributed by atoms with Crippen LogP contribution in [0.4, 0.5) is 0 Å². The SMILES string of the molecule is CCO[Si](C)(CCCOCCOCCOCCOC)OCC. The van der Waals surface area contributed by atoms with Crippen molar-refractivity contribution in [3.63, 3.8) is 0 Å². The molecule has 134 valence electrons. The summed E-state index contributed by atoms with van der Waals surface area (Å²) < 4.78 is 32.7. The van der Waals surface area contributed by atoms with Crippen LogP contribution in [0, 0.1) is 0 Å². The fraction of sp³-hybridized carbons (Fsp3) is 1.00. The maximum atomic E-state index is 5.78. The van der Waals surface area contributed by atoms with Crippen LogP contribution in [0.2, 0.25) is 12.6 Å². The van der Waals surface area contributed by atoms with Gasteiger partial charge < -0.3 is 27.8 Å². The molecule has 6 nitrogen and oxygen atoms in total. The predicted molar refractivity (Wildman–Crippen MR) is 88.6 cm³/mol.